The SMILES string of the molecule is CC(C)CC(C)N1CC(C(C)C)NCC1C(C)C. The van der Waals surface area contributed by atoms with Crippen molar-refractivity contribution in [3.63, 3.8) is 0 Å². The van der Waals surface area contributed by atoms with Gasteiger partial charge in [0.25, 0.3) is 0 Å². The Kier molecular flexibility index (Phi) is 6.13. The molecule has 1 aliphatic rings. The van der Waals surface area contributed by atoms with Crippen molar-refractivity contribution in [2.24, 2.45) is 17.8 Å². The van der Waals surface area contributed by atoms with E-state index in [1.807, 2.05) is 0 Å². The van der Waals surface area contributed by atoms with Gasteiger partial charge in [-0.2, -0.15) is 0 Å². The fourth-order valence-electron chi connectivity index (χ4n) is 3.21. The smallest absolute Gasteiger partial charge is 0.0247 e. The first-order chi connectivity index (χ1) is 8.32. The molecule has 0 aromatic heterocycles. The Balaban J connectivity index is 2.71. The highest BCUT2D eigenvalue weighted by Gasteiger charge is 2.33. The lowest BCUT2D eigenvalue weighted by molar-refractivity contribution is 0.0441. The molecule has 0 radical (unpaired) electrons. The maximum Gasteiger partial charge on any atom is 0.0247 e. The maximum atomic E-state index is 3.75. The van der Waals surface area contributed by atoms with Crippen LogP contribution in [0.2, 0.25) is 0 Å². The molecule has 3 unspecified atom stereocenters. The van der Waals surface area contributed by atoms with Crippen molar-refractivity contribution in [2.75, 3.05) is 13.1 Å². The minimum atomic E-state index is 0.662. The average molecular weight is 254 g/mol. The van der Waals surface area contributed by atoms with Gasteiger partial charge >= 0.3 is 0 Å². The lowest BCUT2D eigenvalue weighted by atomic mass is 9.91. The Morgan fingerprint density at radius 3 is 2.06 bits per heavy atom. The third-order valence-corrected chi connectivity index (χ3v) is 4.38. The minimum Gasteiger partial charge on any atom is -0.311 e. The Morgan fingerprint density at radius 2 is 1.61 bits per heavy atom. The van der Waals surface area contributed by atoms with Gasteiger partial charge < -0.3 is 5.32 Å². The van der Waals surface area contributed by atoms with E-state index in [2.05, 4.69) is 58.7 Å². The van der Waals surface area contributed by atoms with Crippen LogP contribution in [0.1, 0.15) is 54.9 Å². The first-order valence-electron chi connectivity index (χ1n) is 7.82. The van der Waals surface area contributed by atoms with Gasteiger partial charge in [-0.05, 0) is 31.1 Å². The van der Waals surface area contributed by atoms with E-state index in [4.69, 9.17) is 0 Å². The number of nitrogens with zero attached hydrogens (tertiary/aromatic N) is 1. The second-order valence-corrected chi connectivity index (χ2v) is 7.25. The average Bonchev–Trinajstić information content (AvgIpc) is 2.26. The van der Waals surface area contributed by atoms with Crippen LogP contribution in [0.4, 0.5) is 0 Å². The molecule has 18 heavy (non-hydrogen) atoms. The molecule has 0 aromatic carbocycles. The van der Waals surface area contributed by atoms with Gasteiger partial charge in [-0.3, -0.25) is 4.90 Å². The lowest BCUT2D eigenvalue weighted by Crippen LogP contribution is -2.61. The van der Waals surface area contributed by atoms with Crippen LogP contribution < -0.4 is 5.32 Å². The summed E-state index contributed by atoms with van der Waals surface area (Å²) in [5.74, 6) is 2.26. The number of piperazine rings is 1. The van der Waals surface area contributed by atoms with Crippen LogP contribution in [0.15, 0.2) is 0 Å². The Bertz CT molecular complexity index is 235. The molecule has 2 nitrogen and oxygen atoms in total. The molecule has 0 bridgehead atoms. The molecule has 2 heteroatoms. The van der Waals surface area contributed by atoms with E-state index in [0.29, 0.717) is 18.1 Å². The monoisotopic (exact) mass is 254 g/mol. The molecule has 1 heterocycles. The first kappa shape index (κ1) is 16.0. The van der Waals surface area contributed by atoms with Crippen molar-refractivity contribution in [1.82, 2.24) is 10.2 Å². The van der Waals surface area contributed by atoms with Crippen LogP contribution in [0, 0.1) is 17.8 Å². The summed E-state index contributed by atoms with van der Waals surface area (Å²) in [6, 6.07) is 2.07. The van der Waals surface area contributed by atoms with Gasteiger partial charge in [-0.25, -0.2) is 0 Å². The molecule has 1 N–H and O–H groups in total. The maximum absolute atomic E-state index is 3.75. The van der Waals surface area contributed by atoms with Gasteiger partial charge in [-0.1, -0.05) is 41.5 Å². The number of hydrogen-bond acceptors (Lipinski definition) is 2. The van der Waals surface area contributed by atoms with Crippen molar-refractivity contribution in [3.8, 4) is 0 Å². The summed E-state index contributed by atoms with van der Waals surface area (Å²) in [4.78, 5) is 2.77. The van der Waals surface area contributed by atoms with Crippen molar-refractivity contribution in [3.05, 3.63) is 0 Å². The van der Waals surface area contributed by atoms with Gasteiger partial charge in [0.2, 0.25) is 0 Å². The Labute approximate surface area is 115 Å². The van der Waals surface area contributed by atoms with Gasteiger partial charge in [0.15, 0.2) is 0 Å². The molecule has 0 aromatic rings. The molecular formula is C16H34N2. The van der Waals surface area contributed by atoms with Gasteiger partial charge in [0.05, 0.1) is 0 Å². The van der Waals surface area contributed by atoms with Crippen molar-refractivity contribution in [2.45, 2.75) is 73.0 Å². The van der Waals surface area contributed by atoms with Crippen LogP contribution in [0.5, 0.6) is 0 Å². The van der Waals surface area contributed by atoms with E-state index >= 15 is 0 Å². The molecule has 0 spiro atoms. The zero-order chi connectivity index (χ0) is 13.9. The summed E-state index contributed by atoms with van der Waals surface area (Å²) < 4.78 is 0. The zero-order valence-corrected chi connectivity index (χ0v) is 13.5. The molecule has 0 amide bonds. The zero-order valence-electron chi connectivity index (χ0n) is 13.5. The summed E-state index contributed by atoms with van der Waals surface area (Å²) in [5, 5.41) is 3.75. The molecule has 108 valence electrons. The quantitative estimate of drug-likeness (QED) is 0.809. The van der Waals surface area contributed by atoms with Crippen molar-refractivity contribution < 1.29 is 0 Å². The van der Waals surface area contributed by atoms with Gasteiger partial charge in [-0.15, -0.1) is 0 Å². The second-order valence-electron chi connectivity index (χ2n) is 7.25. The predicted octanol–water partition coefficient (Wildman–Crippen LogP) is 3.38. The predicted molar refractivity (Wildman–Crippen MR) is 80.9 cm³/mol. The van der Waals surface area contributed by atoms with Crippen LogP contribution in [0.3, 0.4) is 0 Å². The van der Waals surface area contributed by atoms with Crippen molar-refractivity contribution >= 4 is 0 Å². The molecule has 1 fully saturated rings. The highest BCUT2D eigenvalue weighted by molar-refractivity contribution is 4.91. The largest absolute Gasteiger partial charge is 0.311 e. The van der Waals surface area contributed by atoms with Crippen molar-refractivity contribution in [1.29, 1.82) is 0 Å². The van der Waals surface area contributed by atoms with Gasteiger partial charge in [0.1, 0.15) is 0 Å². The van der Waals surface area contributed by atoms with Crippen LogP contribution in [-0.2, 0) is 0 Å². The topological polar surface area (TPSA) is 15.3 Å². The van der Waals surface area contributed by atoms with E-state index in [0.717, 1.165) is 24.3 Å². The molecule has 1 saturated heterocycles. The van der Waals surface area contributed by atoms with E-state index in [-0.39, 0.29) is 0 Å². The Morgan fingerprint density at radius 1 is 1.00 bits per heavy atom. The summed E-state index contributed by atoms with van der Waals surface area (Å²) >= 11 is 0. The van der Waals surface area contributed by atoms with Crippen LogP contribution in [-0.4, -0.2) is 36.1 Å². The van der Waals surface area contributed by atoms with Gasteiger partial charge in [0, 0.05) is 31.2 Å². The third kappa shape index (κ3) is 4.24. The summed E-state index contributed by atoms with van der Waals surface area (Å²) in [6.07, 6.45) is 1.31. The first-order valence-corrected chi connectivity index (χ1v) is 7.82. The fraction of sp³-hybridized carbons (Fsp3) is 1.00. The summed E-state index contributed by atoms with van der Waals surface area (Å²) in [6.45, 7) is 18.8. The molecule has 1 aliphatic heterocycles. The minimum absolute atomic E-state index is 0.662. The normalized spacial score (nSPS) is 28.3. The Hall–Kier alpha value is -0.0800. The third-order valence-electron chi connectivity index (χ3n) is 4.38. The van der Waals surface area contributed by atoms with Crippen LogP contribution >= 0.6 is 0 Å². The van der Waals surface area contributed by atoms with E-state index in [1.54, 1.807) is 0 Å². The molecular weight excluding hydrogens is 220 g/mol. The standard InChI is InChI=1S/C16H34N2/c1-11(2)8-14(7)18-10-15(12(3)4)17-9-16(18)13(5)6/h11-17H,8-10H2,1-7H3. The number of hydrogen-bond donors (Lipinski definition) is 1. The highest BCUT2D eigenvalue weighted by atomic mass is 15.3. The molecule has 0 aliphatic carbocycles. The molecule has 3 atom stereocenters. The highest BCUT2D eigenvalue weighted by Crippen LogP contribution is 2.23. The second kappa shape index (κ2) is 6.91. The lowest BCUT2D eigenvalue weighted by Gasteiger charge is -2.47. The van der Waals surface area contributed by atoms with E-state index < -0.39 is 0 Å². The van der Waals surface area contributed by atoms with E-state index in [1.165, 1.54) is 13.0 Å². The van der Waals surface area contributed by atoms with E-state index in [9.17, 15) is 0 Å². The number of nitrogens with one attached hydrogen (secondary N) is 1. The molecule has 1 rings (SSSR count). The summed E-state index contributed by atoms with van der Waals surface area (Å²) in [5.41, 5.74) is 0. The summed E-state index contributed by atoms with van der Waals surface area (Å²) in [7, 11) is 0. The van der Waals surface area contributed by atoms with Crippen LogP contribution in [0.25, 0.3) is 0 Å². The fourth-order valence-corrected chi connectivity index (χ4v) is 3.21. The molecule has 0 saturated carbocycles. The number of rotatable bonds is 5.